The fraction of sp³-hybridized carbons (Fsp3) is 0.273. The lowest BCUT2D eigenvalue weighted by Gasteiger charge is -2.16. The SMILES string of the molecule is COCc1c(C(=O)NCc2ccc(N3CCCC3=O)cc2)oc2ccccc12. The van der Waals surface area contributed by atoms with Gasteiger partial charge in [-0.25, -0.2) is 0 Å². The summed E-state index contributed by atoms with van der Waals surface area (Å²) in [7, 11) is 1.59. The van der Waals surface area contributed by atoms with Gasteiger partial charge in [0.2, 0.25) is 5.91 Å². The predicted molar refractivity (Wildman–Crippen MR) is 106 cm³/mol. The molecule has 1 saturated heterocycles. The summed E-state index contributed by atoms with van der Waals surface area (Å²) in [6, 6.07) is 15.2. The molecule has 3 aromatic rings. The van der Waals surface area contributed by atoms with Gasteiger partial charge in [-0.15, -0.1) is 0 Å². The predicted octanol–water partition coefficient (Wildman–Crippen LogP) is 3.64. The number of fused-ring (bicyclic) bond motifs is 1. The quantitative estimate of drug-likeness (QED) is 0.711. The Labute approximate surface area is 163 Å². The monoisotopic (exact) mass is 378 g/mol. The summed E-state index contributed by atoms with van der Waals surface area (Å²) in [5, 5.41) is 3.79. The number of benzene rings is 2. The lowest BCUT2D eigenvalue weighted by molar-refractivity contribution is -0.117. The van der Waals surface area contributed by atoms with Crippen LogP contribution in [0.3, 0.4) is 0 Å². The van der Waals surface area contributed by atoms with Crippen molar-refractivity contribution >= 4 is 28.5 Å². The summed E-state index contributed by atoms with van der Waals surface area (Å²) < 4.78 is 11.0. The van der Waals surface area contributed by atoms with Crippen molar-refractivity contribution in [2.45, 2.75) is 26.0 Å². The van der Waals surface area contributed by atoms with Crippen LogP contribution in [0.25, 0.3) is 11.0 Å². The number of rotatable bonds is 6. The van der Waals surface area contributed by atoms with Crippen molar-refractivity contribution in [3.8, 4) is 0 Å². The highest BCUT2D eigenvalue weighted by Crippen LogP contribution is 2.27. The van der Waals surface area contributed by atoms with Gasteiger partial charge in [-0.05, 0) is 30.2 Å². The van der Waals surface area contributed by atoms with Gasteiger partial charge in [0.1, 0.15) is 5.58 Å². The maximum Gasteiger partial charge on any atom is 0.287 e. The molecule has 4 rings (SSSR count). The van der Waals surface area contributed by atoms with E-state index < -0.39 is 0 Å². The van der Waals surface area contributed by atoms with Crippen LogP contribution in [0.1, 0.15) is 34.5 Å². The average Bonchev–Trinajstić information content (AvgIpc) is 3.31. The topological polar surface area (TPSA) is 71.8 Å². The largest absolute Gasteiger partial charge is 0.451 e. The highest BCUT2D eigenvalue weighted by atomic mass is 16.5. The Kier molecular flexibility index (Phi) is 5.12. The fourth-order valence-corrected chi connectivity index (χ4v) is 3.55. The third kappa shape index (κ3) is 3.51. The summed E-state index contributed by atoms with van der Waals surface area (Å²) >= 11 is 0. The van der Waals surface area contributed by atoms with Crippen LogP contribution >= 0.6 is 0 Å². The third-order valence-corrected chi connectivity index (χ3v) is 4.97. The van der Waals surface area contributed by atoms with Gasteiger partial charge in [-0.2, -0.15) is 0 Å². The number of nitrogens with one attached hydrogen (secondary N) is 1. The smallest absolute Gasteiger partial charge is 0.287 e. The Hall–Kier alpha value is -3.12. The second kappa shape index (κ2) is 7.86. The Morgan fingerprint density at radius 2 is 1.96 bits per heavy atom. The molecule has 1 N–H and O–H groups in total. The van der Waals surface area contributed by atoms with Crippen LogP contribution < -0.4 is 10.2 Å². The molecule has 2 heterocycles. The van der Waals surface area contributed by atoms with Crippen LogP contribution in [-0.2, 0) is 22.7 Å². The van der Waals surface area contributed by atoms with Crippen LogP contribution in [0, 0.1) is 0 Å². The zero-order valence-electron chi connectivity index (χ0n) is 15.7. The van der Waals surface area contributed by atoms with Crippen molar-refractivity contribution < 1.29 is 18.7 Å². The molecule has 1 aliphatic rings. The number of hydrogen-bond donors (Lipinski definition) is 1. The van der Waals surface area contributed by atoms with Crippen molar-refractivity contribution in [3.05, 3.63) is 65.4 Å². The minimum Gasteiger partial charge on any atom is -0.451 e. The first-order valence-corrected chi connectivity index (χ1v) is 9.34. The average molecular weight is 378 g/mol. The van der Waals surface area contributed by atoms with E-state index in [9.17, 15) is 9.59 Å². The van der Waals surface area contributed by atoms with Crippen LogP contribution in [0.15, 0.2) is 52.9 Å². The number of carbonyl (C=O) groups is 2. The minimum absolute atomic E-state index is 0.164. The van der Waals surface area contributed by atoms with Gasteiger partial charge in [0.25, 0.3) is 5.91 Å². The first-order chi connectivity index (χ1) is 13.7. The normalized spacial score (nSPS) is 14.0. The Bertz CT molecular complexity index is 1010. The van der Waals surface area contributed by atoms with E-state index in [1.165, 1.54) is 0 Å². The molecule has 0 radical (unpaired) electrons. The standard InChI is InChI=1S/C22H22N2O4/c1-27-14-18-17-5-2-3-6-19(17)28-21(18)22(26)23-13-15-8-10-16(11-9-15)24-12-4-7-20(24)25/h2-3,5-6,8-11H,4,7,12-14H2,1H3,(H,23,26). The van der Waals surface area contributed by atoms with Crippen LogP contribution in [0.4, 0.5) is 5.69 Å². The summed E-state index contributed by atoms with van der Waals surface area (Å²) in [6.45, 7) is 1.44. The molecular weight excluding hydrogens is 356 g/mol. The number of carbonyl (C=O) groups excluding carboxylic acids is 2. The van der Waals surface area contributed by atoms with Crippen LogP contribution in [-0.4, -0.2) is 25.5 Å². The minimum atomic E-state index is -0.276. The maximum atomic E-state index is 12.7. The summed E-state index contributed by atoms with van der Waals surface area (Å²) in [6.07, 6.45) is 1.51. The maximum absolute atomic E-state index is 12.7. The Morgan fingerprint density at radius 1 is 1.18 bits per heavy atom. The zero-order chi connectivity index (χ0) is 19.5. The molecule has 144 valence electrons. The van der Waals surface area contributed by atoms with Gasteiger partial charge in [0.05, 0.1) is 6.61 Å². The van der Waals surface area contributed by atoms with Gasteiger partial charge >= 0.3 is 0 Å². The van der Waals surface area contributed by atoms with E-state index in [2.05, 4.69) is 5.32 Å². The van der Waals surface area contributed by atoms with Gasteiger partial charge in [-0.1, -0.05) is 30.3 Å². The molecule has 0 bridgehead atoms. The molecule has 2 aromatic carbocycles. The summed E-state index contributed by atoms with van der Waals surface area (Å²) in [5.41, 5.74) is 3.27. The van der Waals surface area contributed by atoms with E-state index in [1.54, 1.807) is 12.0 Å². The van der Waals surface area contributed by atoms with E-state index in [1.807, 2.05) is 48.5 Å². The van der Waals surface area contributed by atoms with E-state index in [0.717, 1.165) is 35.2 Å². The van der Waals surface area contributed by atoms with E-state index in [-0.39, 0.29) is 17.6 Å². The van der Waals surface area contributed by atoms with Crippen LogP contribution in [0.5, 0.6) is 0 Å². The van der Waals surface area contributed by atoms with E-state index in [0.29, 0.717) is 25.2 Å². The first-order valence-electron chi connectivity index (χ1n) is 9.34. The highest BCUT2D eigenvalue weighted by Gasteiger charge is 2.22. The van der Waals surface area contributed by atoms with Crippen molar-refractivity contribution in [2.75, 3.05) is 18.6 Å². The lowest BCUT2D eigenvalue weighted by Crippen LogP contribution is -2.24. The number of furan rings is 1. The molecular formula is C22H22N2O4. The van der Waals surface area contributed by atoms with E-state index >= 15 is 0 Å². The number of para-hydroxylation sites is 1. The molecule has 0 spiro atoms. The number of hydrogen-bond acceptors (Lipinski definition) is 4. The molecule has 6 nitrogen and oxygen atoms in total. The van der Waals surface area contributed by atoms with E-state index in [4.69, 9.17) is 9.15 Å². The Morgan fingerprint density at radius 3 is 2.68 bits per heavy atom. The van der Waals surface area contributed by atoms with Crippen molar-refractivity contribution in [3.63, 3.8) is 0 Å². The molecule has 0 saturated carbocycles. The number of ether oxygens (including phenoxy) is 1. The lowest BCUT2D eigenvalue weighted by atomic mass is 10.1. The molecule has 1 fully saturated rings. The molecule has 0 atom stereocenters. The number of methoxy groups -OCH3 is 1. The molecule has 2 amide bonds. The highest BCUT2D eigenvalue weighted by molar-refractivity contribution is 5.99. The van der Waals surface area contributed by atoms with Crippen LogP contribution in [0.2, 0.25) is 0 Å². The Balaban J connectivity index is 1.46. The molecule has 1 aliphatic heterocycles. The molecule has 28 heavy (non-hydrogen) atoms. The molecule has 0 unspecified atom stereocenters. The first kappa shape index (κ1) is 18.3. The second-order valence-corrected chi connectivity index (χ2v) is 6.84. The van der Waals surface area contributed by atoms with Gasteiger partial charge in [-0.3, -0.25) is 9.59 Å². The number of amides is 2. The van der Waals surface area contributed by atoms with Gasteiger partial charge in [0, 0.05) is 43.3 Å². The fourth-order valence-electron chi connectivity index (χ4n) is 3.55. The van der Waals surface area contributed by atoms with Gasteiger partial charge in [0.15, 0.2) is 5.76 Å². The van der Waals surface area contributed by atoms with Crippen molar-refractivity contribution in [2.24, 2.45) is 0 Å². The molecule has 0 aliphatic carbocycles. The summed E-state index contributed by atoms with van der Waals surface area (Å²) in [4.78, 5) is 26.3. The zero-order valence-corrected chi connectivity index (χ0v) is 15.7. The molecule has 6 heteroatoms. The third-order valence-electron chi connectivity index (χ3n) is 4.97. The summed E-state index contributed by atoms with van der Waals surface area (Å²) in [5.74, 6) is 0.168. The van der Waals surface area contributed by atoms with Gasteiger partial charge < -0.3 is 19.4 Å². The second-order valence-electron chi connectivity index (χ2n) is 6.84. The molecule has 1 aromatic heterocycles. The van der Waals surface area contributed by atoms with Crippen molar-refractivity contribution in [1.82, 2.24) is 5.32 Å². The number of nitrogens with zero attached hydrogens (tertiary/aromatic N) is 1. The number of anilines is 1. The van der Waals surface area contributed by atoms with Crippen molar-refractivity contribution in [1.29, 1.82) is 0 Å².